The van der Waals surface area contributed by atoms with E-state index in [4.69, 9.17) is 9.47 Å². The summed E-state index contributed by atoms with van der Waals surface area (Å²) in [5.41, 5.74) is 1.10. The van der Waals surface area contributed by atoms with Crippen LogP contribution in [0.3, 0.4) is 0 Å². The highest BCUT2D eigenvalue weighted by molar-refractivity contribution is 7.21. The van der Waals surface area contributed by atoms with Crippen LogP contribution >= 0.6 is 11.3 Å². The first-order valence-corrected chi connectivity index (χ1v) is 14.6. The Morgan fingerprint density at radius 1 is 0.976 bits per heavy atom. The molecule has 11 heteroatoms. The van der Waals surface area contributed by atoms with Crippen molar-refractivity contribution in [1.29, 1.82) is 0 Å². The van der Waals surface area contributed by atoms with Crippen LogP contribution in [-0.4, -0.2) is 40.7 Å². The van der Waals surface area contributed by atoms with Crippen LogP contribution in [0.15, 0.2) is 66.9 Å². The summed E-state index contributed by atoms with van der Waals surface area (Å²) in [6, 6.07) is 17.6. The minimum Gasteiger partial charge on any atom is -0.457 e. The number of thiophene rings is 1. The highest BCUT2D eigenvalue weighted by Crippen LogP contribution is 2.46. The fraction of sp³-hybridized carbons (Fsp3) is 0.290. The second-order valence-electron chi connectivity index (χ2n) is 11.3. The summed E-state index contributed by atoms with van der Waals surface area (Å²) in [7, 11) is 0. The molecule has 6 rings (SSSR count). The van der Waals surface area contributed by atoms with Crippen molar-refractivity contribution in [3.63, 3.8) is 0 Å². The van der Waals surface area contributed by atoms with Crippen LogP contribution in [-0.2, 0) is 4.74 Å². The summed E-state index contributed by atoms with van der Waals surface area (Å²) in [6.45, 7) is 5.42. The van der Waals surface area contributed by atoms with Crippen molar-refractivity contribution in [3.05, 3.63) is 71.7 Å². The molecule has 2 aromatic heterocycles. The van der Waals surface area contributed by atoms with Gasteiger partial charge in [0.25, 0.3) is 5.91 Å². The lowest BCUT2D eigenvalue weighted by Crippen LogP contribution is -2.49. The Balaban J connectivity index is 1.23. The lowest BCUT2D eigenvalue weighted by molar-refractivity contribution is 0.0495. The van der Waals surface area contributed by atoms with Crippen LogP contribution in [0.4, 0.5) is 26.7 Å². The van der Waals surface area contributed by atoms with Crippen LogP contribution in [0.2, 0.25) is 0 Å². The molecule has 42 heavy (non-hydrogen) atoms. The average molecular weight is 586 g/mol. The van der Waals surface area contributed by atoms with E-state index in [1.54, 1.807) is 50.1 Å². The molecular weight excluding hydrogens is 554 g/mol. The molecule has 216 valence electrons. The van der Waals surface area contributed by atoms with E-state index in [2.05, 4.69) is 20.9 Å². The molecule has 1 aliphatic carbocycles. The molecular formula is C31H31N5O5S. The number of carbonyl (C=O) groups is 3. The van der Waals surface area contributed by atoms with Gasteiger partial charge in [-0.05, 0) is 82.5 Å². The number of anilines is 3. The maximum Gasteiger partial charge on any atom is 0.407 e. The first-order valence-electron chi connectivity index (χ1n) is 13.8. The summed E-state index contributed by atoms with van der Waals surface area (Å²) in [5.74, 6) is 1.04. The van der Waals surface area contributed by atoms with Gasteiger partial charge in [-0.2, -0.15) is 0 Å². The minimum atomic E-state index is -0.615. The Kier molecular flexibility index (Phi) is 7.19. The van der Waals surface area contributed by atoms with E-state index in [0.717, 1.165) is 25.0 Å². The molecule has 2 aromatic carbocycles. The molecule has 2 aliphatic rings. The zero-order valence-corrected chi connectivity index (χ0v) is 24.3. The molecule has 0 radical (unpaired) electrons. The van der Waals surface area contributed by atoms with Gasteiger partial charge in [0, 0.05) is 12.2 Å². The van der Waals surface area contributed by atoms with Crippen LogP contribution in [0, 0.1) is 0 Å². The molecule has 0 unspecified atom stereocenters. The Hall–Kier alpha value is -4.64. The number of alkyl carbamates (subject to hydrolysis) is 1. The fourth-order valence-corrected chi connectivity index (χ4v) is 6.31. The van der Waals surface area contributed by atoms with Gasteiger partial charge in [-0.1, -0.05) is 18.2 Å². The molecule has 4 amide bonds. The van der Waals surface area contributed by atoms with Gasteiger partial charge in [-0.3, -0.25) is 9.69 Å². The molecule has 10 nitrogen and oxygen atoms in total. The number of ether oxygens (including phenoxy) is 2. The third-order valence-electron chi connectivity index (χ3n) is 7.06. The molecule has 1 aliphatic heterocycles. The van der Waals surface area contributed by atoms with E-state index in [1.165, 1.54) is 11.3 Å². The summed E-state index contributed by atoms with van der Waals surface area (Å²) in [5, 5.41) is 9.59. The minimum absolute atomic E-state index is 0.248. The summed E-state index contributed by atoms with van der Waals surface area (Å²) < 4.78 is 11.3. The van der Waals surface area contributed by atoms with Gasteiger partial charge in [0.05, 0.1) is 28.5 Å². The number of para-hydroxylation sites is 1. The first-order chi connectivity index (χ1) is 20.2. The quantitative estimate of drug-likeness (QED) is 0.225. The van der Waals surface area contributed by atoms with E-state index in [-0.39, 0.29) is 24.0 Å². The van der Waals surface area contributed by atoms with Crippen molar-refractivity contribution in [2.24, 2.45) is 0 Å². The van der Waals surface area contributed by atoms with E-state index in [9.17, 15) is 14.4 Å². The zero-order chi connectivity index (χ0) is 29.4. The molecule has 1 saturated carbocycles. The van der Waals surface area contributed by atoms with Gasteiger partial charge in [0.2, 0.25) is 0 Å². The van der Waals surface area contributed by atoms with Crippen molar-refractivity contribution in [1.82, 2.24) is 15.6 Å². The van der Waals surface area contributed by atoms with Gasteiger partial charge in [0.15, 0.2) is 0 Å². The third kappa shape index (κ3) is 5.60. The van der Waals surface area contributed by atoms with Gasteiger partial charge < -0.3 is 25.4 Å². The number of rotatable bonds is 6. The number of urea groups is 1. The van der Waals surface area contributed by atoms with Gasteiger partial charge in [-0.25, -0.2) is 14.6 Å². The summed E-state index contributed by atoms with van der Waals surface area (Å²) in [6.07, 6.45) is 3.44. The number of aromatic nitrogens is 1. The van der Waals surface area contributed by atoms with Gasteiger partial charge in [-0.15, -0.1) is 11.3 Å². The molecule has 0 saturated heterocycles. The van der Waals surface area contributed by atoms with Crippen LogP contribution in [0.25, 0.3) is 10.2 Å². The second kappa shape index (κ2) is 11.0. The third-order valence-corrected chi connectivity index (χ3v) is 8.16. The lowest BCUT2D eigenvalue weighted by atomic mass is 10.1. The maximum absolute atomic E-state index is 13.5. The fourth-order valence-electron chi connectivity index (χ4n) is 5.29. The molecule has 0 bridgehead atoms. The predicted molar refractivity (Wildman–Crippen MR) is 162 cm³/mol. The van der Waals surface area contributed by atoms with Crippen LogP contribution in [0.5, 0.6) is 11.5 Å². The lowest BCUT2D eigenvalue weighted by Gasteiger charge is -2.28. The van der Waals surface area contributed by atoms with Crippen LogP contribution in [0.1, 0.15) is 49.7 Å². The molecule has 4 aromatic rings. The number of nitrogens with one attached hydrogen (secondary N) is 3. The standard InChI is InChI=1S/C31H31N5O5S/c1-31(2,3)41-30(39)34-22-11-7-10-21(22)33-27(37)26-25-24-23(16-17-32-28(24)42-26)36(29(38)35-25)18-12-14-20(15-13-18)40-19-8-5-4-6-9-19/h4-6,8-9,12-17,21-22H,7,10-11H2,1-3H3,(H,33,37)(H,34,39)(H,35,38)/t21-,22+/m1/s1. The monoisotopic (exact) mass is 585 g/mol. The number of hydrogen-bond acceptors (Lipinski definition) is 7. The van der Waals surface area contributed by atoms with E-state index in [1.807, 2.05) is 42.5 Å². The van der Waals surface area contributed by atoms with Gasteiger partial charge in [0.1, 0.15) is 26.8 Å². The normalized spacial score (nSPS) is 18.0. The molecule has 3 N–H and O–H groups in total. The molecule has 0 spiro atoms. The van der Waals surface area contributed by atoms with Crippen molar-refractivity contribution >= 4 is 56.6 Å². The first kappa shape index (κ1) is 27.5. The molecule has 1 fully saturated rings. The summed E-state index contributed by atoms with van der Waals surface area (Å²) in [4.78, 5) is 46.4. The molecule has 2 atom stereocenters. The van der Waals surface area contributed by atoms with Gasteiger partial charge >= 0.3 is 12.1 Å². The topological polar surface area (TPSA) is 122 Å². The van der Waals surface area contributed by atoms with Crippen molar-refractivity contribution < 1.29 is 23.9 Å². The van der Waals surface area contributed by atoms with Crippen molar-refractivity contribution in [2.75, 3.05) is 10.2 Å². The Morgan fingerprint density at radius 3 is 2.38 bits per heavy atom. The smallest absolute Gasteiger partial charge is 0.407 e. The number of nitrogens with zero attached hydrogens (tertiary/aromatic N) is 2. The Labute approximate surface area is 247 Å². The highest BCUT2D eigenvalue weighted by Gasteiger charge is 2.35. The Morgan fingerprint density at radius 2 is 1.67 bits per heavy atom. The van der Waals surface area contributed by atoms with E-state index >= 15 is 0 Å². The van der Waals surface area contributed by atoms with Crippen molar-refractivity contribution in [2.45, 2.75) is 57.7 Å². The average Bonchev–Trinajstić information content (AvgIpc) is 3.54. The second-order valence-corrected chi connectivity index (χ2v) is 12.3. The van der Waals surface area contributed by atoms with E-state index < -0.39 is 11.7 Å². The van der Waals surface area contributed by atoms with Crippen molar-refractivity contribution in [3.8, 4) is 11.5 Å². The number of carbonyl (C=O) groups excluding carboxylic acids is 3. The Bertz CT molecular complexity index is 1650. The highest BCUT2D eigenvalue weighted by atomic mass is 32.1. The largest absolute Gasteiger partial charge is 0.457 e. The number of hydrogen-bond donors (Lipinski definition) is 3. The SMILES string of the molecule is CC(C)(C)OC(=O)N[C@H]1CCC[C@H]1NC(=O)c1sc2nccc3c2c1NC(=O)N3c1ccc(Oc2ccccc2)cc1. The molecule has 3 heterocycles. The van der Waals surface area contributed by atoms with E-state index in [0.29, 0.717) is 37.9 Å². The predicted octanol–water partition coefficient (Wildman–Crippen LogP) is 6.95. The maximum atomic E-state index is 13.5. The summed E-state index contributed by atoms with van der Waals surface area (Å²) >= 11 is 1.22. The zero-order valence-electron chi connectivity index (χ0n) is 23.5. The number of benzene rings is 2. The number of amides is 4. The number of pyridine rings is 1. The van der Waals surface area contributed by atoms with Crippen LogP contribution < -0.4 is 25.6 Å².